The van der Waals surface area contributed by atoms with Gasteiger partial charge in [0.15, 0.2) is 0 Å². The van der Waals surface area contributed by atoms with Crippen LogP contribution in [0, 0.1) is 5.41 Å². The summed E-state index contributed by atoms with van der Waals surface area (Å²) in [4.78, 5) is 0. The van der Waals surface area contributed by atoms with Crippen LogP contribution in [-0.2, 0) is 0 Å². The van der Waals surface area contributed by atoms with Crippen LogP contribution in [0.25, 0.3) is 0 Å². The number of halogens is 1. The monoisotopic (exact) mass is 366 g/mol. The first-order chi connectivity index (χ1) is 8.67. The third-order valence-corrected chi connectivity index (χ3v) is 6.06. The Kier molecular flexibility index (Phi) is 8.12. The molecule has 0 bridgehead atoms. The van der Waals surface area contributed by atoms with Gasteiger partial charge in [-0.3, -0.25) is 0 Å². The molecule has 1 unspecified atom stereocenters. The van der Waals surface area contributed by atoms with Crippen LogP contribution in [0.15, 0.2) is 0 Å². The molecular weight excluding hydrogens is 335 g/mol. The van der Waals surface area contributed by atoms with Crippen molar-refractivity contribution in [2.24, 2.45) is 11.1 Å². The van der Waals surface area contributed by atoms with Crippen LogP contribution >= 0.6 is 22.9 Å². The Bertz CT molecular complexity index is 213. The molecule has 2 nitrogen and oxygen atoms in total. The normalized spacial score (nSPS) is 22.5. The second kappa shape index (κ2) is 8.75. The summed E-state index contributed by atoms with van der Waals surface area (Å²) in [6, 6.07) is 0.662. The topological polar surface area (TPSA) is 29.3 Å². The van der Waals surface area contributed by atoms with Crippen LogP contribution in [0.4, 0.5) is 0 Å². The lowest BCUT2D eigenvalue weighted by molar-refractivity contribution is 0.142. The Balaban J connectivity index is 2.65. The Hall–Kier alpha value is 0.650. The minimum atomic E-state index is 0.597. The van der Waals surface area contributed by atoms with E-state index in [0.717, 1.165) is 0 Å². The van der Waals surface area contributed by atoms with Crippen LogP contribution in [0.5, 0.6) is 0 Å². The maximum absolute atomic E-state index is 5.81. The van der Waals surface area contributed by atoms with E-state index in [4.69, 9.17) is 5.73 Å². The molecule has 0 aromatic carbocycles. The van der Waals surface area contributed by atoms with Crippen LogP contribution in [0.3, 0.4) is 0 Å². The van der Waals surface area contributed by atoms with Gasteiger partial charge in [-0.15, -0.1) is 0 Å². The smallest absolute Gasteiger partial charge is 0.0551 e. The average molecular weight is 366 g/mol. The summed E-state index contributed by atoms with van der Waals surface area (Å²) in [5.41, 5.74) is 6.41. The lowest BCUT2D eigenvalue weighted by Gasteiger charge is -2.39. The van der Waals surface area contributed by atoms with E-state index in [2.05, 4.69) is 39.8 Å². The van der Waals surface area contributed by atoms with E-state index in [0.29, 0.717) is 18.1 Å². The number of hydrogen-bond acceptors (Lipinski definition) is 2. The zero-order chi connectivity index (χ0) is 13.4. The Morgan fingerprint density at radius 1 is 1.11 bits per heavy atom. The summed E-state index contributed by atoms with van der Waals surface area (Å²) >= 11 is 2.41. The van der Waals surface area contributed by atoms with Gasteiger partial charge < -0.3 is 5.73 Å². The molecule has 108 valence electrons. The fourth-order valence-electron chi connectivity index (χ4n) is 3.45. The van der Waals surface area contributed by atoms with E-state index in [1.54, 1.807) is 0 Å². The molecule has 0 amide bonds. The zero-order valence-corrected chi connectivity index (χ0v) is 14.4. The molecule has 1 rings (SSSR count). The predicted octanol–water partition coefficient (Wildman–Crippen LogP) is 4.86. The van der Waals surface area contributed by atoms with Crippen molar-refractivity contribution in [3.63, 3.8) is 0 Å². The molecule has 3 heteroatoms. The van der Waals surface area contributed by atoms with Crippen molar-refractivity contribution >= 4 is 22.9 Å². The summed E-state index contributed by atoms with van der Waals surface area (Å²) < 4.78 is 2.31. The number of hydrogen-bond donors (Lipinski definition) is 1. The second-order valence-corrected chi connectivity index (χ2v) is 7.21. The van der Waals surface area contributed by atoms with Gasteiger partial charge in [0.25, 0.3) is 0 Å². The summed E-state index contributed by atoms with van der Waals surface area (Å²) in [6.07, 6.45) is 14.0. The fraction of sp³-hybridized carbons (Fsp3) is 1.00. The molecule has 18 heavy (non-hydrogen) atoms. The zero-order valence-electron chi connectivity index (χ0n) is 12.3. The Morgan fingerprint density at radius 3 is 2.11 bits per heavy atom. The average Bonchev–Trinajstić information content (AvgIpc) is 2.37. The quantitative estimate of drug-likeness (QED) is 0.413. The molecule has 1 fully saturated rings. The van der Waals surface area contributed by atoms with Crippen molar-refractivity contribution in [1.82, 2.24) is 3.11 Å². The van der Waals surface area contributed by atoms with Crippen molar-refractivity contribution < 1.29 is 0 Å². The Labute approximate surface area is 128 Å². The van der Waals surface area contributed by atoms with Crippen molar-refractivity contribution in [3.8, 4) is 0 Å². The standard InChI is InChI=1S/C15H31IN2/c1-3-14(18(16)13-17)12-15(4-2)10-8-6-5-7-9-11-15/h14H,3-13,17H2,1-2H3. The Morgan fingerprint density at radius 2 is 1.67 bits per heavy atom. The summed E-state index contributed by atoms with van der Waals surface area (Å²) in [5, 5.41) is 0. The summed E-state index contributed by atoms with van der Waals surface area (Å²) in [6.45, 7) is 5.38. The largest absolute Gasteiger partial charge is 0.318 e. The van der Waals surface area contributed by atoms with Gasteiger partial charge in [-0.1, -0.05) is 52.4 Å². The van der Waals surface area contributed by atoms with Crippen LogP contribution in [0.2, 0.25) is 0 Å². The molecule has 0 spiro atoms. The number of nitrogens with two attached hydrogens (primary N) is 1. The molecule has 1 saturated carbocycles. The maximum Gasteiger partial charge on any atom is 0.0551 e. The highest BCUT2D eigenvalue weighted by Crippen LogP contribution is 2.42. The first-order valence-electron chi connectivity index (χ1n) is 7.80. The molecule has 0 aliphatic heterocycles. The van der Waals surface area contributed by atoms with Gasteiger partial charge in [0, 0.05) is 28.9 Å². The van der Waals surface area contributed by atoms with Crippen molar-refractivity contribution in [2.45, 2.75) is 84.1 Å². The van der Waals surface area contributed by atoms with Gasteiger partial charge in [-0.25, -0.2) is 3.11 Å². The van der Waals surface area contributed by atoms with E-state index in [-0.39, 0.29) is 0 Å². The first-order valence-corrected chi connectivity index (χ1v) is 8.76. The molecule has 1 atom stereocenters. The minimum Gasteiger partial charge on any atom is -0.318 e. The fourth-order valence-corrected chi connectivity index (χ4v) is 4.04. The van der Waals surface area contributed by atoms with Gasteiger partial charge in [-0.05, 0) is 31.1 Å². The molecule has 0 radical (unpaired) electrons. The molecule has 2 N–H and O–H groups in total. The molecule has 1 aliphatic carbocycles. The second-order valence-electron chi connectivity index (χ2n) is 5.97. The molecule has 0 aromatic heterocycles. The van der Waals surface area contributed by atoms with E-state index in [1.165, 1.54) is 64.2 Å². The lowest BCUT2D eigenvalue weighted by Crippen LogP contribution is -2.36. The van der Waals surface area contributed by atoms with Gasteiger partial charge in [0.2, 0.25) is 0 Å². The third-order valence-electron chi connectivity index (χ3n) is 4.87. The van der Waals surface area contributed by atoms with Gasteiger partial charge >= 0.3 is 0 Å². The highest BCUT2D eigenvalue weighted by atomic mass is 127. The number of rotatable bonds is 6. The first kappa shape index (κ1) is 16.7. The highest BCUT2D eigenvalue weighted by Gasteiger charge is 2.32. The molecule has 1 aliphatic rings. The highest BCUT2D eigenvalue weighted by molar-refractivity contribution is 14.1. The number of nitrogens with zero attached hydrogens (tertiary/aromatic N) is 1. The van der Waals surface area contributed by atoms with E-state index >= 15 is 0 Å². The molecule has 0 saturated heterocycles. The van der Waals surface area contributed by atoms with Crippen molar-refractivity contribution in [3.05, 3.63) is 0 Å². The molecule has 0 heterocycles. The van der Waals surface area contributed by atoms with Crippen LogP contribution < -0.4 is 5.73 Å². The molecule has 0 aromatic rings. The van der Waals surface area contributed by atoms with Gasteiger partial charge in [-0.2, -0.15) is 0 Å². The van der Waals surface area contributed by atoms with Crippen LogP contribution in [0.1, 0.15) is 78.1 Å². The lowest BCUT2D eigenvalue weighted by atomic mass is 9.70. The van der Waals surface area contributed by atoms with Gasteiger partial charge in [0.05, 0.1) is 6.67 Å². The van der Waals surface area contributed by atoms with E-state index < -0.39 is 0 Å². The SMILES string of the molecule is CCC(CC1(CC)CCCCCCC1)N(I)CN. The van der Waals surface area contributed by atoms with Crippen LogP contribution in [-0.4, -0.2) is 15.8 Å². The third kappa shape index (κ3) is 4.97. The molecular formula is C15H31IN2. The summed E-state index contributed by atoms with van der Waals surface area (Å²) in [5.74, 6) is 0. The van der Waals surface area contributed by atoms with Crippen molar-refractivity contribution in [2.75, 3.05) is 6.67 Å². The van der Waals surface area contributed by atoms with E-state index in [9.17, 15) is 0 Å². The van der Waals surface area contributed by atoms with Crippen molar-refractivity contribution in [1.29, 1.82) is 0 Å². The maximum atomic E-state index is 5.81. The minimum absolute atomic E-state index is 0.597. The predicted molar refractivity (Wildman–Crippen MR) is 88.7 cm³/mol. The summed E-state index contributed by atoms with van der Waals surface area (Å²) in [7, 11) is 0. The van der Waals surface area contributed by atoms with E-state index in [1.807, 2.05) is 0 Å². The van der Waals surface area contributed by atoms with Gasteiger partial charge in [0.1, 0.15) is 0 Å².